The van der Waals surface area contributed by atoms with Gasteiger partial charge in [0.2, 0.25) is 0 Å². The van der Waals surface area contributed by atoms with Crippen molar-refractivity contribution < 1.29 is 18.0 Å². The molecule has 0 spiro atoms. The fourth-order valence-corrected chi connectivity index (χ4v) is 21.3. The molecule has 0 nitrogen and oxygen atoms in total. The van der Waals surface area contributed by atoms with Gasteiger partial charge in [0.25, 0.3) is 0 Å². The molecule has 0 fully saturated rings. The fraction of sp³-hybridized carbons (Fsp3) is 0.250. The summed E-state index contributed by atoms with van der Waals surface area (Å²) in [5.41, 5.74) is 10.6. The van der Waals surface area contributed by atoms with E-state index in [1.165, 1.54) is 76.4 Å². The summed E-state index contributed by atoms with van der Waals surface area (Å²) >= 11 is -2.26. The number of aryl methyl sites for hydroxylation is 8. The van der Waals surface area contributed by atoms with Gasteiger partial charge in [0.1, 0.15) is 0 Å². The van der Waals surface area contributed by atoms with Gasteiger partial charge in [-0.15, -0.1) is 68.1 Å². The molecule has 0 aliphatic carbocycles. The van der Waals surface area contributed by atoms with Crippen molar-refractivity contribution in [1.82, 2.24) is 0 Å². The summed E-state index contributed by atoms with van der Waals surface area (Å²) < 4.78 is 0. The van der Waals surface area contributed by atoms with Gasteiger partial charge in [0.15, 0.2) is 0 Å². The summed E-state index contributed by atoms with van der Waals surface area (Å²) in [7, 11) is 12.6. The average Bonchev–Trinajstić information content (AvgIpc) is 3.51. The second kappa shape index (κ2) is 15.9. The molecule has 0 aromatic heterocycles. The first kappa shape index (κ1) is 34.6. The zero-order valence-corrected chi connectivity index (χ0v) is 32.4. The van der Waals surface area contributed by atoms with E-state index < -0.39 is 23.4 Å². The summed E-state index contributed by atoms with van der Waals surface area (Å²) in [6.07, 6.45) is 2.25. The van der Waals surface area contributed by atoms with E-state index in [0.29, 0.717) is 0 Å². The van der Waals surface area contributed by atoms with E-state index in [9.17, 15) is 0 Å². The van der Waals surface area contributed by atoms with Gasteiger partial charge in [0.05, 0.1) is 0 Å². The summed E-state index contributed by atoms with van der Waals surface area (Å²) in [6.45, 7) is 17.7. The van der Waals surface area contributed by atoms with E-state index in [0.717, 1.165) is 12.8 Å². The third-order valence-electron chi connectivity index (χ3n) is 8.83. The van der Waals surface area contributed by atoms with E-state index >= 15 is 0 Å². The van der Waals surface area contributed by atoms with Gasteiger partial charge >= 0.3 is 111 Å². The molecule has 0 saturated carbocycles. The third-order valence-corrected chi connectivity index (χ3v) is 24.8. The number of rotatable bonds is 4. The van der Waals surface area contributed by atoms with Crippen molar-refractivity contribution in [3.05, 3.63) is 142 Å². The average molecular weight is 715 g/mol. The Balaban J connectivity index is 0.000000151. The molecular formula is C40H44Cl2SiZr-2. The van der Waals surface area contributed by atoms with Crippen molar-refractivity contribution in [2.45, 2.75) is 68.2 Å². The van der Waals surface area contributed by atoms with E-state index in [4.69, 9.17) is 17.0 Å². The molecule has 4 heteroatoms. The third kappa shape index (κ3) is 7.76. The van der Waals surface area contributed by atoms with Gasteiger partial charge in [0, 0.05) is 0 Å². The van der Waals surface area contributed by atoms with E-state index in [1.807, 2.05) is 12.1 Å². The maximum absolute atomic E-state index is 6.32. The second-order valence-electron chi connectivity index (χ2n) is 11.6. The van der Waals surface area contributed by atoms with Crippen LogP contribution in [0.3, 0.4) is 0 Å². The van der Waals surface area contributed by atoms with Crippen LogP contribution in [-0.2, 0) is 30.8 Å². The van der Waals surface area contributed by atoms with E-state index in [2.05, 4.69) is 140 Å². The first-order valence-electron chi connectivity index (χ1n) is 15.5. The van der Waals surface area contributed by atoms with Crippen LogP contribution in [0.15, 0.2) is 97.1 Å². The number of fused-ring (bicyclic) bond motifs is 2. The molecule has 6 aromatic carbocycles. The normalized spacial score (nSPS) is 10.7. The standard InChI is InChI=1S/2C14H17.C12H10Si.2ClH.Zr/c2*1-5-12-7-6-9(2)13-8-10(3)11(4)14(12)13;1-3-7-11(8-4-1)13-12-9-5-2-6-10-12;;;/h2*6-8H,5H2,1-4H3;1-10H;2*1H;/q2*-1;;;;+2/p-2. The maximum atomic E-state index is 6.32. The van der Waals surface area contributed by atoms with Crippen molar-refractivity contribution >= 4 is 54.4 Å². The van der Waals surface area contributed by atoms with Crippen LogP contribution in [0.4, 0.5) is 0 Å². The quantitative estimate of drug-likeness (QED) is 0.126. The van der Waals surface area contributed by atoms with Gasteiger partial charge in [-0.25, -0.2) is 0 Å². The molecule has 0 radical (unpaired) electrons. The van der Waals surface area contributed by atoms with Crippen LogP contribution in [0, 0.1) is 41.5 Å². The summed E-state index contributed by atoms with van der Waals surface area (Å²) in [5, 5.41) is 8.53. The number of halogens is 2. The second-order valence-corrected chi connectivity index (χ2v) is 30.8. The van der Waals surface area contributed by atoms with Crippen molar-refractivity contribution in [3.8, 4) is 0 Å². The fourth-order valence-electron chi connectivity index (χ4n) is 6.02. The molecule has 0 N–H and O–H groups in total. The first-order chi connectivity index (χ1) is 21.1. The number of hydrogen-bond acceptors (Lipinski definition) is 0. The van der Waals surface area contributed by atoms with Crippen molar-refractivity contribution in [2.75, 3.05) is 0 Å². The Hall–Kier alpha value is -2.22. The van der Waals surface area contributed by atoms with Gasteiger partial charge in [-0.1, -0.05) is 78.6 Å². The molecule has 0 heterocycles. The molecule has 0 aliphatic heterocycles. The van der Waals surface area contributed by atoms with Crippen LogP contribution in [0.2, 0.25) is 0 Å². The van der Waals surface area contributed by atoms with Gasteiger partial charge in [-0.3, -0.25) is 0 Å². The SMILES string of the molecule is CCc1ccc(C)c2[cH-]c(C)c(C)c12.CCc1ccc(C)c2[cH-]c(C)c(C)c12.[Cl][Zr]([Cl])=[Si](c1ccccc1)c1ccccc1. The zero-order chi connectivity index (χ0) is 32.0. The predicted octanol–water partition coefficient (Wildman–Crippen LogP) is 10.8. The Bertz CT molecular complexity index is 1760. The van der Waals surface area contributed by atoms with Crippen LogP contribution in [0.5, 0.6) is 0 Å². The van der Waals surface area contributed by atoms with Gasteiger partial charge < -0.3 is 0 Å². The van der Waals surface area contributed by atoms with Crippen LogP contribution >= 0.6 is 17.0 Å². The Morgan fingerprint density at radius 1 is 0.545 bits per heavy atom. The van der Waals surface area contributed by atoms with E-state index in [-0.39, 0.29) is 0 Å². The molecule has 0 aliphatic rings. The van der Waals surface area contributed by atoms with Crippen LogP contribution in [-0.4, -0.2) is 5.43 Å². The van der Waals surface area contributed by atoms with Crippen molar-refractivity contribution in [2.24, 2.45) is 0 Å². The Kier molecular flexibility index (Phi) is 12.5. The molecule has 44 heavy (non-hydrogen) atoms. The molecule has 0 unspecified atom stereocenters. The van der Waals surface area contributed by atoms with Crippen molar-refractivity contribution in [1.29, 1.82) is 0 Å². The topological polar surface area (TPSA) is 0 Å². The van der Waals surface area contributed by atoms with Crippen LogP contribution in [0.25, 0.3) is 21.5 Å². The van der Waals surface area contributed by atoms with Gasteiger partial charge in [-0.05, 0) is 12.8 Å². The summed E-state index contributed by atoms with van der Waals surface area (Å²) in [4.78, 5) is 0. The minimum atomic E-state index is -2.26. The zero-order valence-electron chi connectivity index (χ0n) is 27.4. The molecule has 0 atom stereocenters. The van der Waals surface area contributed by atoms with Crippen LogP contribution < -0.4 is 10.4 Å². The molecule has 0 amide bonds. The number of hydrogen-bond donors (Lipinski definition) is 0. The Morgan fingerprint density at radius 2 is 0.909 bits per heavy atom. The molecule has 0 bridgehead atoms. The molecule has 0 saturated heterocycles. The molecule has 228 valence electrons. The number of benzene rings is 4. The molecular weight excluding hydrogens is 671 g/mol. The molecule has 6 aromatic rings. The monoisotopic (exact) mass is 712 g/mol. The van der Waals surface area contributed by atoms with Crippen LogP contribution in [0.1, 0.15) is 58.4 Å². The molecule has 6 rings (SSSR count). The van der Waals surface area contributed by atoms with Gasteiger partial charge in [-0.2, -0.15) is 11.1 Å². The summed E-state index contributed by atoms with van der Waals surface area (Å²) in [6, 6.07) is 34.5. The minimum absolute atomic E-state index is 0.889. The summed E-state index contributed by atoms with van der Waals surface area (Å²) in [5.74, 6) is 0. The van der Waals surface area contributed by atoms with Crippen molar-refractivity contribution in [3.63, 3.8) is 0 Å². The Labute approximate surface area is 280 Å². The van der Waals surface area contributed by atoms with E-state index in [1.54, 1.807) is 0 Å². The predicted molar refractivity (Wildman–Crippen MR) is 196 cm³/mol. The Morgan fingerprint density at radius 3 is 1.23 bits per heavy atom. The first-order valence-corrected chi connectivity index (χ1v) is 27.1.